The summed E-state index contributed by atoms with van der Waals surface area (Å²) in [7, 11) is 1.26. The summed E-state index contributed by atoms with van der Waals surface area (Å²) in [6, 6.07) is -0.734. The highest BCUT2D eigenvalue weighted by Gasteiger charge is 2.21. The van der Waals surface area contributed by atoms with E-state index in [9.17, 15) is 9.59 Å². The first-order valence-corrected chi connectivity index (χ1v) is 4.67. The Morgan fingerprint density at radius 1 is 1.69 bits per heavy atom. The molecule has 0 aromatic carbocycles. The van der Waals surface area contributed by atoms with Crippen LogP contribution in [-0.4, -0.2) is 35.0 Å². The van der Waals surface area contributed by atoms with Gasteiger partial charge >= 0.3 is 5.97 Å². The molecule has 0 radical (unpaired) electrons. The fraction of sp³-hybridized carbons (Fsp3) is 0.444. The molecule has 1 aromatic rings. The van der Waals surface area contributed by atoms with E-state index < -0.39 is 12.0 Å². The Balaban J connectivity index is 2.70. The number of amides is 1. The van der Waals surface area contributed by atoms with Gasteiger partial charge in [-0.3, -0.25) is 4.79 Å². The average Bonchev–Trinajstić information content (AvgIpc) is 2.61. The average molecular weight is 226 g/mol. The smallest absolute Gasteiger partial charge is 0.328 e. The van der Waals surface area contributed by atoms with Crippen molar-refractivity contribution in [3.05, 3.63) is 11.9 Å². The van der Waals surface area contributed by atoms with E-state index in [-0.39, 0.29) is 18.3 Å². The van der Waals surface area contributed by atoms with Crippen molar-refractivity contribution < 1.29 is 14.3 Å². The van der Waals surface area contributed by atoms with Gasteiger partial charge in [0.25, 0.3) is 0 Å². The molecule has 4 N–H and O–H groups in total. The largest absolute Gasteiger partial charge is 0.467 e. The number of carbonyl (C=O) groups excluding carboxylic acids is 2. The summed E-state index contributed by atoms with van der Waals surface area (Å²) >= 11 is 0. The maximum absolute atomic E-state index is 11.4. The molecule has 16 heavy (non-hydrogen) atoms. The Kier molecular flexibility index (Phi) is 3.87. The summed E-state index contributed by atoms with van der Waals surface area (Å²) < 4.78 is 4.57. The minimum atomic E-state index is -0.734. The highest BCUT2D eigenvalue weighted by molar-refractivity contribution is 5.83. The van der Waals surface area contributed by atoms with Crippen molar-refractivity contribution in [1.29, 1.82) is 0 Å². The second kappa shape index (κ2) is 5.15. The van der Waals surface area contributed by atoms with Crippen LogP contribution in [0.2, 0.25) is 0 Å². The lowest BCUT2D eigenvalue weighted by Gasteiger charge is -2.14. The molecule has 7 heteroatoms. The molecule has 88 valence electrons. The number of nitrogens with two attached hydrogens (primary N) is 1. The van der Waals surface area contributed by atoms with Gasteiger partial charge in [0.05, 0.1) is 13.3 Å². The molecule has 1 rings (SSSR count). The summed E-state index contributed by atoms with van der Waals surface area (Å²) in [5.41, 5.74) is 6.05. The quantitative estimate of drug-likeness (QED) is 0.583. The van der Waals surface area contributed by atoms with E-state index >= 15 is 0 Å². The summed E-state index contributed by atoms with van der Waals surface area (Å²) in [6.45, 7) is 1.33. The van der Waals surface area contributed by atoms with Crippen LogP contribution in [0.4, 0.5) is 5.95 Å². The van der Waals surface area contributed by atoms with E-state index in [4.69, 9.17) is 5.73 Å². The van der Waals surface area contributed by atoms with Crippen molar-refractivity contribution in [1.82, 2.24) is 15.3 Å². The molecule has 7 nitrogen and oxygen atoms in total. The Bertz CT molecular complexity index is 388. The minimum Gasteiger partial charge on any atom is -0.467 e. The first-order chi connectivity index (χ1) is 7.52. The van der Waals surface area contributed by atoms with Crippen LogP contribution >= 0.6 is 0 Å². The van der Waals surface area contributed by atoms with Crippen LogP contribution in [0.15, 0.2) is 6.20 Å². The molecule has 0 spiro atoms. The number of nitrogens with one attached hydrogen (secondary N) is 2. The number of anilines is 1. The minimum absolute atomic E-state index is 0.260. The van der Waals surface area contributed by atoms with Crippen LogP contribution in [0.5, 0.6) is 0 Å². The van der Waals surface area contributed by atoms with Crippen molar-refractivity contribution in [3.63, 3.8) is 0 Å². The molecule has 0 aliphatic rings. The second-order valence-corrected chi connectivity index (χ2v) is 3.27. The first kappa shape index (κ1) is 12.0. The van der Waals surface area contributed by atoms with Crippen molar-refractivity contribution in [3.8, 4) is 0 Å². The molecule has 1 aromatic heterocycles. The zero-order valence-electron chi connectivity index (χ0n) is 9.11. The number of H-pyrrole nitrogens is 1. The normalized spacial score (nSPS) is 11.9. The maximum Gasteiger partial charge on any atom is 0.328 e. The molecule has 0 saturated heterocycles. The highest BCUT2D eigenvalue weighted by atomic mass is 16.5. The third-order valence-electron chi connectivity index (χ3n) is 1.94. The number of methoxy groups -OCH3 is 1. The van der Waals surface area contributed by atoms with E-state index in [1.54, 1.807) is 0 Å². The van der Waals surface area contributed by atoms with Crippen molar-refractivity contribution in [2.45, 2.75) is 19.4 Å². The number of hydrogen-bond donors (Lipinski definition) is 3. The van der Waals surface area contributed by atoms with Gasteiger partial charge in [0.2, 0.25) is 5.91 Å². The lowest BCUT2D eigenvalue weighted by molar-refractivity contribution is -0.144. The zero-order valence-corrected chi connectivity index (χ0v) is 9.11. The lowest BCUT2D eigenvalue weighted by atomic mass is 10.1. The first-order valence-electron chi connectivity index (χ1n) is 4.67. The van der Waals surface area contributed by atoms with Crippen molar-refractivity contribution >= 4 is 17.8 Å². The molecule has 1 heterocycles. The number of rotatable bonds is 4. The topological polar surface area (TPSA) is 110 Å². The van der Waals surface area contributed by atoms with Crippen LogP contribution in [0, 0.1) is 0 Å². The number of carbonyl (C=O) groups is 2. The molecular weight excluding hydrogens is 212 g/mol. The van der Waals surface area contributed by atoms with Crippen LogP contribution in [0.25, 0.3) is 0 Å². The van der Waals surface area contributed by atoms with Gasteiger partial charge in [-0.05, 0) is 0 Å². The molecule has 0 bridgehead atoms. The number of aromatic amines is 1. The molecule has 0 aliphatic carbocycles. The number of esters is 1. The Labute approximate surface area is 92.4 Å². The van der Waals surface area contributed by atoms with E-state index in [1.807, 2.05) is 0 Å². The third kappa shape index (κ3) is 3.26. The predicted octanol–water partition coefficient (Wildman–Crippen LogP) is -0.788. The van der Waals surface area contributed by atoms with E-state index in [0.29, 0.717) is 5.69 Å². The highest BCUT2D eigenvalue weighted by Crippen LogP contribution is 2.03. The van der Waals surface area contributed by atoms with Crippen LogP contribution in [0.1, 0.15) is 12.6 Å². The number of ether oxygens (including phenoxy) is 1. The van der Waals surface area contributed by atoms with Gasteiger partial charge in [-0.25, -0.2) is 9.78 Å². The predicted molar refractivity (Wildman–Crippen MR) is 56.3 cm³/mol. The Morgan fingerprint density at radius 2 is 2.38 bits per heavy atom. The molecule has 1 unspecified atom stereocenters. The lowest BCUT2D eigenvalue weighted by Crippen LogP contribution is -2.42. The van der Waals surface area contributed by atoms with E-state index in [2.05, 4.69) is 20.0 Å². The number of imidazole rings is 1. The van der Waals surface area contributed by atoms with Gasteiger partial charge in [0.15, 0.2) is 5.95 Å². The Hall–Kier alpha value is -2.05. The summed E-state index contributed by atoms with van der Waals surface area (Å²) in [5.74, 6) is -0.548. The van der Waals surface area contributed by atoms with Crippen LogP contribution in [-0.2, 0) is 20.7 Å². The van der Waals surface area contributed by atoms with Crippen LogP contribution in [0.3, 0.4) is 0 Å². The molecule has 0 fully saturated rings. The van der Waals surface area contributed by atoms with Gasteiger partial charge < -0.3 is 20.8 Å². The fourth-order valence-corrected chi connectivity index (χ4v) is 1.28. The van der Waals surface area contributed by atoms with Gasteiger partial charge in [-0.2, -0.15) is 0 Å². The number of nitrogen functional groups attached to an aromatic ring is 1. The standard InChI is InChI=1S/C9H14N4O3/c1-5(14)12-7(8(15)16-2)3-6-4-11-9(10)13-6/h4,7H,3H2,1-2H3,(H,12,14)(H3,10,11,13). The fourth-order valence-electron chi connectivity index (χ4n) is 1.28. The van der Waals surface area contributed by atoms with Gasteiger partial charge in [-0.1, -0.05) is 0 Å². The molecule has 1 atom stereocenters. The Morgan fingerprint density at radius 3 is 2.81 bits per heavy atom. The number of aromatic nitrogens is 2. The molecule has 1 amide bonds. The third-order valence-corrected chi connectivity index (χ3v) is 1.94. The maximum atomic E-state index is 11.4. The van der Waals surface area contributed by atoms with E-state index in [0.717, 1.165) is 0 Å². The number of nitrogens with zero attached hydrogens (tertiary/aromatic N) is 1. The zero-order chi connectivity index (χ0) is 12.1. The van der Waals surface area contributed by atoms with Crippen molar-refractivity contribution in [2.75, 3.05) is 12.8 Å². The van der Waals surface area contributed by atoms with Gasteiger partial charge in [-0.15, -0.1) is 0 Å². The van der Waals surface area contributed by atoms with E-state index in [1.165, 1.54) is 20.2 Å². The summed E-state index contributed by atoms with van der Waals surface area (Å²) in [5, 5.41) is 2.49. The second-order valence-electron chi connectivity index (χ2n) is 3.27. The van der Waals surface area contributed by atoms with Gasteiger partial charge in [0, 0.05) is 19.0 Å². The summed E-state index contributed by atoms with van der Waals surface area (Å²) in [4.78, 5) is 28.8. The SMILES string of the molecule is COC(=O)C(Cc1cnc(N)[nH]1)NC(C)=O. The molecule has 0 aliphatic heterocycles. The van der Waals surface area contributed by atoms with Crippen molar-refractivity contribution in [2.24, 2.45) is 0 Å². The van der Waals surface area contributed by atoms with Crippen LogP contribution < -0.4 is 11.1 Å². The molecule has 0 saturated carbocycles. The van der Waals surface area contributed by atoms with Gasteiger partial charge in [0.1, 0.15) is 6.04 Å². The molecular formula is C9H14N4O3. The summed E-state index contributed by atoms with van der Waals surface area (Å²) in [6.07, 6.45) is 1.77. The monoisotopic (exact) mass is 226 g/mol. The number of hydrogen-bond acceptors (Lipinski definition) is 5.